The minimum Gasteiger partial charge on any atom is -0.496 e. The number of nitrogens with zero attached hydrogens (tertiary/aromatic N) is 1. The summed E-state index contributed by atoms with van der Waals surface area (Å²) in [5, 5.41) is 3.48. The van der Waals surface area contributed by atoms with Gasteiger partial charge in [-0.2, -0.15) is 0 Å². The van der Waals surface area contributed by atoms with Crippen LogP contribution in [0.15, 0.2) is 48.8 Å². The molecule has 1 heterocycles. The highest BCUT2D eigenvalue weighted by Gasteiger charge is 2.06. The van der Waals surface area contributed by atoms with E-state index in [1.165, 1.54) is 11.1 Å². The van der Waals surface area contributed by atoms with E-state index in [2.05, 4.69) is 23.3 Å². The molecule has 2 aromatic rings. The summed E-state index contributed by atoms with van der Waals surface area (Å²) in [7, 11) is 1.70. The highest BCUT2D eigenvalue weighted by atomic mass is 16.5. The fourth-order valence-corrected chi connectivity index (χ4v) is 1.88. The Balaban J connectivity index is 1.99. The second kappa shape index (κ2) is 6.17. The number of pyridine rings is 1. The Kier molecular flexibility index (Phi) is 4.31. The van der Waals surface area contributed by atoms with Crippen LogP contribution in [0.25, 0.3) is 0 Å². The Labute approximate surface area is 108 Å². The number of rotatable bonds is 5. The van der Waals surface area contributed by atoms with Crippen LogP contribution in [-0.4, -0.2) is 12.1 Å². The molecule has 0 aliphatic rings. The van der Waals surface area contributed by atoms with E-state index in [4.69, 9.17) is 4.74 Å². The van der Waals surface area contributed by atoms with Crippen molar-refractivity contribution in [2.24, 2.45) is 0 Å². The summed E-state index contributed by atoms with van der Waals surface area (Å²) in [6.45, 7) is 2.93. The normalized spacial score (nSPS) is 12.1. The van der Waals surface area contributed by atoms with Crippen molar-refractivity contribution in [2.45, 2.75) is 19.5 Å². The van der Waals surface area contributed by atoms with Crippen LogP contribution in [0.5, 0.6) is 5.75 Å². The molecule has 3 heteroatoms. The van der Waals surface area contributed by atoms with Crippen LogP contribution in [0.3, 0.4) is 0 Å². The van der Waals surface area contributed by atoms with Gasteiger partial charge in [-0.15, -0.1) is 0 Å². The zero-order chi connectivity index (χ0) is 12.8. The summed E-state index contributed by atoms with van der Waals surface area (Å²) in [4.78, 5) is 4.03. The molecule has 18 heavy (non-hydrogen) atoms. The number of hydrogen-bond acceptors (Lipinski definition) is 3. The maximum Gasteiger partial charge on any atom is 0.123 e. The molecule has 0 aliphatic carbocycles. The van der Waals surface area contributed by atoms with Crippen LogP contribution in [-0.2, 0) is 6.54 Å². The molecule has 0 fully saturated rings. The van der Waals surface area contributed by atoms with Gasteiger partial charge in [-0.3, -0.25) is 4.98 Å². The van der Waals surface area contributed by atoms with E-state index >= 15 is 0 Å². The molecular formula is C15H18N2O. The van der Waals surface area contributed by atoms with E-state index in [0.717, 1.165) is 12.3 Å². The van der Waals surface area contributed by atoms with E-state index in [9.17, 15) is 0 Å². The third-order valence-electron chi connectivity index (χ3n) is 3.00. The van der Waals surface area contributed by atoms with Crippen LogP contribution in [0.4, 0.5) is 0 Å². The highest BCUT2D eigenvalue weighted by Crippen LogP contribution is 2.18. The largest absolute Gasteiger partial charge is 0.496 e. The summed E-state index contributed by atoms with van der Waals surface area (Å²) in [6.07, 6.45) is 3.63. The molecule has 0 amide bonds. The van der Waals surface area contributed by atoms with Crippen LogP contribution in [0, 0.1) is 0 Å². The smallest absolute Gasteiger partial charge is 0.123 e. The molecule has 1 aromatic heterocycles. The van der Waals surface area contributed by atoms with Gasteiger partial charge in [0, 0.05) is 30.5 Å². The average Bonchev–Trinajstić information content (AvgIpc) is 2.46. The summed E-state index contributed by atoms with van der Waals surface area (Å²) < 4.78 is 5.33. The minimum absolute atomic E-state index is 0.290. The van der Waals surface area contributed by atoms with Gasteiger partial charge in [0.1, 0.15) is 5.75 Å². The summed E-state index contributed by atoms with van der Waals surface area (Å²) in [6, 6.07) is 12.4. The fraction of sp³-hybridized carbons (Fsp3) is 0.267. The SMILES string of the molecule is COc1ccccc1CNC(C)c1ccncc1. The molecule has 1 aromatic carbocycles. The molecule has 0 aliphatic heterocycles. The first-order valence-electron chi connectivity index (χ1n) is 6.06. The first-order valence-corrected chi connectivity index (χ1v) is 6.06. The van der Waals surface area contributed by atoms with Crippen molar-refractivity contribution in [2.75, 3.05) is 7.11 Å². The molecule has 0 saturated heterocycles. The second-order valence-electron chi connectivity index (χ2n) is 4.19. The third-order valence-corrected chi connectivity index (χ3v) is 3.00. The van der Waals surface area contributed by atoms with Gasteiger partial charge in [-0.05, 0) is 30.7 Å². The van der Waals surface area contributed by atoms with Crippen molar-refractivity contribution in [3.63, 3.8) is 0 Å². The predicted octanol–water partition coefficient (Wildman–Crippen LogP) is 2.94. The summed E-state index contributed by atoms with van der Waals surface area (Å²) in [5.41, 5.74) is 2.40. The number of methoxy groups -OCH3 is 1. The number of benzene rings is 1. The minimum atomic E-state index is 0.290. The number of ether oxygens (including phenoxy) is 1. The van der Waals surface area contributed by atoms with Crippen molar-refractivity contribution >= 4 is 0 Å². The van der Waals surface area contributed by atoms with E-state index in [1.807, 2.05) is 42.7 Å². The molecular weight excluding hydrogens is 224 g/mol. The fourth-order valence-electron chi connectivity index (χ4n) is 1.88. The average molecular weight is 242 g/mol. The van der Waals surface area contributed by atoms with Gasteiger partial charge in [0.15, 0.2) is 0 Å². The lowest BCUT2D eigenvalue weighted by Crippen LogP contribution is -2.18. The van der Waals surface area contributed by atoms with E-state index in [-0.39, 0.29) is 6.04 Å². The Morgan fingerprint density at radius 1 is 1.17 bits per heavy atom. The van der Waals surface area contributed by atoms with Crippen LogP contribution < -0.4 is 10.1 Å². The first-order chi connectivity index (χ1) is 8.81. The van der Waals surface area contributed by atoms with Gasteiger partial charge >= 0.3 is 0 Å². The lowest BCUT2D eigenvalue weighted by Gasteiger charge is -2.15. The van der Waals surface area contributed by atoms with Crippen LogP contribution in [0.1, 0.15) is 24.1 Å². The Morgan fingerprint density at radius 3 is 2.61 bits per heavy atom. The van der Waals surface area contributed by atoms with Crippen LogP contribution in [0.2, 0.25) is 0 Å². The van der Waals surface area contributed by atoms with Gasteiger partial charge in [-0.1, -0.05) is 18.2 Å². The van der Waals surface area contributed by atoms with E-state index in [1.54, 1.807) is 7.11 Å². The Hall–Kier alpha value is -1.87. The maximum atomic E-state index is 5.33. The van der Waals surface area contributed by atoms with Gasteiger partial charge in [0.2, 0.25) is 0 Å². The highest BCUT2D eigenvalue weighted by molar-refractivity contribution is 5.33. The van der Waals surface area contributed by atoms with Crippen LogP contribution >= 0.6 is 0 Å². The number of para-hydroxylation sites is 1. The molecule has 0 radical (unpaired) electrons. The summed E-state index contributed by atoms with van der Waals surface area (Å²) >= 11 is 0. The molecule has 2 rings (SSSR count). The molecule has 0 saturated carbocycles. The predicted molar refractivity (Wildman–Crippen MR) is 72.5 cm³/mol. The monoisotopic (exact) mass is 242 g/mol. The number of aromatic nitrogens is 1. The van der Waals surface area contributed by atoms with Crippen molar-refractivity contribution in [3.05, 3.63) is 59.9 Å². The maximum absolute atomic E-state index is 5.33. The molecule has 0 spiro atoms. The molecule has 1 unspecified atom stereocenters. The van der Waals surface area contributed by atoms with Crippen molar-refractivity contribution in [1.82, 2.24) is 10.3 Å². The second-order valence-corrected chi connectivity index (χ2v) is 4.19. The van der Waals surface area contributed by atoms with Gasteiger partial charge < -0.3 is 10.1 Å². The third kappa shape index (κ3) is 3.08. The lowest BCUT2D eigenvalue weighted by molar-refractivity contribution is 0.406. The molecule has 1 atom stereocenters. The molecule has 1 N–H and O–H groups in total. The van der Waals surface area contributed by atoms with Gasteiger partial charge in [0.25, 0.3) is 0 Å². The zero-order valence-corrected chi connectivity index (χ0v) is 10.8. The Bertz CT molecular complexity index is 485. The topological polar surface area (TPSA) is 34.1 Å². The van der Waals surface area contributed by atoms with Crippen molar-refractivity contribution in [1.29, 1.82) is 0 Å². The number of nitrogens with one attached hydrogen (secondary N) is 1. The van der Waals surface area contributed by atoms with Gasteiger partial charge in [0.05, 0.1) is 7.11 Å². The summed E-state index contributed by atoms with van der Waals surface area (Å²) in [5.74, 6) is 0.923. The molecule has 3 nitrogen and oxygen atoms in total. The molecule has 0 bridgehead atoms. The van der Waals surface area contributed by atoms with Crippen molar-refractivity contribution < 1.29 is 4.74 Å². The van der Waals surface area contributed by atoms with Crippen molar-refractivity contribution in [3.8, 4) is 5.75 Å². The number of hydrogen-bond donors (Lipinski definition) is 1. The molecule has 94 valence electrons. The zero-order valence-electron chi connectivity index (χ0n) is 10.8. The standard InChI is InChI=1S/C15H18N2O/c1-12(13-7-9-16-10-8-13)17-11-14-5-3-4-6-15(14)18-2/h3-10,12,17H,11H2,1-2H3. The van der Waals surface area contributed by atoms with E-state index in [0.29, 0.717) is 0 Å². The quantitative estimate of drug-likeness (QED) is 0.875. The van der Waals surface area contributed by atoms with Gasteiger partial charge in [-0.25, -0.2) is 0 Å². The Morgan fingerprint density at radius 2 is 1.89 bits per heavy atom. The first kappa shape index (κ1) is 12.6. The van der Waals surface area contributed by atoms with E-state index < -0.39 is 0 Å². The lowest BCUT2D eigenvalue weighted by atomic mass is 10.1.